The summed E-state index contributed by atoms with van der Waals surface area (Å²) in [5, 5.41) is 9.43. The van der Waals surface area contributed by atoms with Gasteiger partial charge in [0.15, 0.2) is 0 Å². The Balaban J connectivity index is 0.000000437. The van der Waals surface area contributed by atoms with Gasteiger partial charge in [0.2, 0.25) is 0 Å². The van der Waals surface area contributed by atoms with Crippen LogP contribution >= 0.6 is 11.8 Å². The second kappa shape index (κ2) is 5.70. The summed E-state index contributed by atoms with van der Waals surface area (Å²) in [7, 11) is -4.16. The summed E-state index contributed by atoms with van der Waals surface area (Å²) in [4.78, 5) is 1.59. The van der Waals surface area contributed by atoms with Crippen LogP contribution in [0.1, 0.15) is 20.8 Å². The van der Waals surface area contributed by atoms with E-state index in [1.54, 1.807) is 16.6 Å². The minimum atomic E-state index is -6.00. The first kappa shape index (κ1) is 16.2. The highest BCUT2D eigenvalue weighted by atomic mass is 32.2. The molecule has 0 aliphatic rings. The number of hydrogen-bond acceptors (Lipinski definition) is 3. The summed E-state index contributed by atoms with van der Waals surface area (Å²) in [6.07, 6.45) is 2.01. The second-order valence-electron chi connectivity index (χ2n) is 4.14. The van der Waals surface area contributed by atoms with Gasteiger partial charge in [-0.2, -0.15) is 0 Å². The molecule has 1 aromatic rings. The van der Waals surface area contributed by atoms with Crippen LogP contribution in [0, 0.1) is 0 Å². The molecule has 0 fully saturated rings. The number of aryl methyl sites for hydroxylation is 1. The third kappa shape index (κ3) is 7.19. The van der Waals surface area contributed by atoms with Crippen LogP contribution in [0.2, 0.25) is 0 Å². The Morgan fingerprint density at radius 3 is 1.88 bits per heavy atom. The standard InChI is InChI=1S/C7H15N4S.BF4/c1-7(2,3)11-6(12-5)8-10(4)9-11;2-1(3,4)5/h1-5H3;/q+1;-1. The zero-order valence-corrected chi connectivity index (χ0v) is 11.1. The first-order chi connectivity index (χ1) is 7.45. The monoisotopic (exact) mass is 274 g/mol. The van der Waals surface area contributed by atoms with Crippen LogP contribution in [0.15, 0.2) is 5.16 Å². The lowest BCUT2D eigenvalue weighted by Crippen LogP contribution is -2.53. The van der Waals surface area contributed by atoms with Crippen LogP contribution in [-0.4, -0.2) is 28.6 Å². The van der Waals surface area contributed by atoms with Crippen molar-refractivity contribution in [2.24, 2.45) is 7.05 Å². The summed E-state index contributed by atoms with van der Waals surface area (Å²) < 4.78 is 40.9. The molecular formula is C7H15BF4N4S. The van der Waals surface area contributed by atoms with Gasteiger partial charge in [0, 0.05) is 0 Å². The normalized spacial score (nSPS) is 12.1. The number of hydrogen-bond donors (Lipinski definition) is 0. The van der Waals surface area contributed by atoms with Crippen LogP contribution in [0.5, 0.6) is 0 Å². The molecule has 17 heavy (non-hydrogen) atoms. The smallest absolute Gasteiger partial charge is 0.418 e. The average Bonchev–Trinajstić information content (AvgIpc) is 2.42. The van der Waals surface area contributed by atoms with Crippen LogP contribution < -0.4 is 4.68 Å². The van der Waals surface area contributed by atoms with Gasteiger partial charge in [-0.1, -0.05) is 11.8 Å². The van der Waals surface area contributed by atoms with Gasteiger partial charge in [0.1, 0.15) is 12.6 Å². The summed E-state index contributed by atoms with van der Waals surface area (Å²) in [6.45, 7) is 6.34. The molecule has 0 radical (unpaired) electrons. The molecule has 0 aromatic carbocycles. The number of thioether (sulfide) groups is 1. The van der Waals surface area contributed by atoms with Gasteiger partial charge >= 0.3 is 12.4 Å². The zero-order valence-electron chi connectivity index (χ0n) is 10.3. The maximum Gasteiger partial charge on any atom is 0.673 e. The Bertz CT molecular complexity index is 354. The van der Waals surface area contributed by atoms with Crippen molar-refractivity contribution >= 4 is 19.0 Å². The number of halogens is 4. The van der Waals surface area contributed by atoms with Gasteiger partial charge in [-0.25, -0.2) is 0 Å². The lowest BCUT2D eigenvalue weighted by molar-refractivity contribution is -0.838. The first-order valence-electron chi connectivity index (χ1n) is 4.70. The van der Waals surface area contributed by atoms with Crippen molar-refractivity contribution in [3.05, 3.63) is 0 Å². The molecule has 1 aromatic heterocycles. The lowest BCUT2D eigenvalue weighted by Gasteiger charge is -2.12. The molecule has 0 aliphatic carbocycles. The highest BCUT2D eigenvalue weighted by Gasteiger charge is 2.27. The minimum Gasteiger partial charge on any atom is -0.418 e. The van der Waals surface area contributed by atoms with E-state index in [1.807, 2.05) is 18.0 Å². The summed E-state index contributed by atoms with van der Waals surface area (Å²) in [5.74, 6) is 0. The van der Waals surface area contributed by atoms with Gasteiger partial charge < -0.3 is 17.3 Å². The molecule has 0 atom stereocenters. The number of tetrazole rings is 1. The largest absolute Gasteiger partial charge is 0.673 e. The third-order valence-corrected chi connectivity index (χ3v) is 2.07. The van der Waals surface area contributed by atoms with Crippen molar-refractivity contribution in [1.29, 1.82) is 0 Å². The summed E-state index contributed by atoms with van der Waals surface area (Å²) >= 11 is 1.61. The van der Waals surface area contributed by atoms with Gasteiger partial charge in [-0.3, -0.25) is 0 Å². The molecule has 0 spiro atoms. The Hall–Kier alpha value is -0.795. The molecule has 0 saturated carbocycles. The molecule has 4 nitrogen and oxygen atoms in total. The van der Waals surface area contributed by atoms with Crippen LogP contribution in [0.3, 0.4) is 0 Å². The van der Waals surface area contributed by atoms with E-state index in [2.05, 4.69) is 31.1 Å². The van der Waals surface area contributed by atoms with Gasteiger partial charge in [0.05, 0.1) is 10.3 Å². The van der Waals surface area contributed by atoms with Gasteiger partial charge in [-0.15, -0.1) is 4.68 Å². The van der Waals surface area contributed by atoms with E-state index in [4.69, 9.17) is 0 Å². The predicted molar refractivity (Wildman–Crippen MR) is 58.2 cm³/mol. The van der Waals surface area contributed by atoms with Crippen molar-refractivity contribution in [3.8, 4) is 0 Å². The minimum absolute atomic E-state index is 0.00655. The maximum atomic E-state index is 9.75. The van der Waals surface area contributed by atoms with Crippen LogP contribution in [0.4, 0.5) is 17.3 Å². The van der Waals surface area contributed by atoms with E-state index < -0.39 is 7.25 Å². The highest BCUT2D eigenvalue weighted by molar-refractivity contribution is 7.98. The fourth-order valence-electron chi connectivity index (χ4n) is 0.902. The Kier molecular flexibility index (Phi) is 5.43. The fraction of sp³-hybridized carbons (Fsp3) is 0.857. The molecule has 0 aliphatic heterocycles. The molecule has 10 heteroatoms. The van der Waals surface area contributed by atoms with E-state index in [9.17, 15) is 17.3 Å². The number of nitrogens with zero attached hydrogens (tertiary/aromatic N) is 4. The highest BCUT2D eigenvalue weighted by Crippen LogP contribution is 2.10. The van der Waals surface area contributed by atoms with E-state index in [-0.39, 0.29) is 5.54 Å². The van der Waals surface area contributed by atoms with Crippen LogP contribution in [-0.2, 0) is 12.6 Å². The van der Waals surface area contributed by atoms with Crippen molar-refractivity contribution in [2.75, 3.05) is 6.26 Å². The SMILES string of the molecule is CSc1nn(C)n[n+]1C(C)(C)C.F[B-](F)(F)F. The molecule has 1 heterocycles. The fourth-order valence-corrected chi connectivity index (χ4v) is 1.59. The third-order valence-electron chi connectivity index (χ3n) is 1.45. The molecular weight excluding hydrogens is 259 g/mol. The van der Waals surface area contributed by atoms with E-state index in [0.29, 0.717) is 0 Å². The molecule has 1 rings (SSSR count). The first-order valence-corrected chi connectivity index (χ1v) is 5.93. The van der Waals surface area contributed by atoms with Gasteiger partial charge in [-0.05, 0) is 31.8 Å². The Labute approximate surface area is 101 Å². The number of rotatable bonds is 1. The Morgan fingerprint density at radius 2 is 1.65 bits per heavy atom. The summed E-state index contributed by atoms with van der Waals surface area (Å²) in [6, 6.07) is 0. The maximum absolute atomic E-state index is 9.75. The summed E-state index contributed by atoms with van der Waals surface area (Å²) in [5.41, 5.74) is 0.00655. The van der Waals surface area contributed by atoms with E-state index in [0.717, 1.165) is 5.16 Å². The van der Waals surface area contributed by atoms with E-state index >= 15 is 0 Å². The van der Waals surface area contributed by atoms with E-state index in [1.165, 1.54) is 0 Å². The lowest BCUT2D eigenvalue weighted by atomic mass is 10.1. The van der Waals surface area contributed by atoms with Gasteiger partial charge in [0.25, 0.3) is 0 Å². The van der Waals surface area contributed by atoms with Crippen molar-refractivity contribution < 1.29 is 21.9 Å². The van der Waals surface area contributed by atoms with Crippen molar-refractivity contribution in [2.45, 2.75) is 31.5 Å². The average molecular weight is 274 g/mol. The predicted octanol–water partition coefficient (Wildman–Crippen LogP) is 1.88. The second-order valence-corrected chi connectivity index (χ2v) is 4.92. The molecule has 0 amide bonds. The zero-order chi connectivity index (χ0) is 13.9. The molecule has 0 N–H and O–H groups in total. The molecule has 0 saturated heterocycles. The topological polar surface area (TPSA) is 34.6 Å². The molecule has 100 valence electrons. The van der Waals surface area contributed by atoms with Crippen LogP contribution in [0.25, 0.3) is 0 Å². The molecule has 0 unspecified atom stereocenters. The molecule has 0 bridgehead atoms. The Morgan fingerprint density at radius 1 is 1.24 bits per heavy atom. The van der Waals surface area contributed by atoms with Crippen molar-refractivity contribution in [1.82, 2.24) is 15.1 Å². The quantitative estimate of drug-likeness (QED) is 0.339. The number of aromatic nitrogens is 4. The van der Waals surface area contributed by atoms with Crippen molar-refractivity contribution in [3.63, 3.8) is 0 Å².